The van der Waals surface area contributed by atoms with Crippen LogP contribution in [0.2, 0.25) is 0 Å². The first-order valence-electron chi connectivity index (χ1n) is 4.10. The lowest BCUT2D eigenvalue weighted by Gasteiger charge is -1.83. The summed E-state index contributed by atoms with van der Waals surface area (Å²) in [4.78, 5) is 0. The Labute approximate surface area is 72.3 Å². The highest BCUT2D eigenvalue weighted by atomic mass is 13.8. The van der Waals surface area contributed by atoms with Crippen LogP contribution in [0.5, 0.6) is 0 Å². The Morgan fingerprint density at radius 2 is 1.55 bits per heavy atom. The van der Waals surface area contributed by atoms with Crippen molar-refractivity contribution < 1.29 is 0 Å². The molecule has 0 aliphatic rings. The van der Waals surface area contributed by atoms with E-state index in [0.29, 0.717) is 0 Å². The zero-order valence-corrected chi connectivity index (χ0v) is 8.48. The molecule has 0 spiro atoms. The fraction of sp³-hybridized carbons (Fsp3) is 0.455. The second kappa shape index (κ2) is 22.9. The summed E-state index contributed by atoms with van der Waals surface area (Å²) < 4.78 is 0. The van der Waals surface area contributed by atoms with Crippen LogP contribution in [-0.2, 0) is 0 Å². The molecule has 0 unspecified atom stereocenters. The second-order valence-corrected chi connectivity index (χ2v) is 1.62. The van der Waals surface area contributed by atoms with Crippen molar-refractivity contribution in [3.05, 3.63) is 37.5 Å². The van der Waals surface area contributed by atoms with Crippen molar-refractivity contribution in [3.63, 3.8) is 0 Å². The van der Waals surface area contributed by atoms with Gasteiger partial charge in [0.1, 0.15) is 0 Å². The SMILES string of the molecule is C=CC.C=CC(=C)CC.CC. The van der Waals surface area contributed by atoms with Gasteiger partial charge in [0.15, 0.2) is 0 Å². The maximum absolute atomic E-state index is 3.67. The van der Waals surface area contributed by atoms with E-state index in [1.807, 2.05) is 20.8 Å². The molecule has 11 heavy (non-hydrogen) atoms. The van der Waals surface area contributed by atoms with Gasteiger partial charge in [0.25, 0.3) is 0 Å². The quantitative estimate of drug-likeness (QED) is 0.409. The molecule has 0 heteroatoms. The fourth-order valence-electron chi connectivity index (χ4n) is 0.144. The van der Waals surface area contributed by atoms with Gasteiger partial charge in [-0.2, -0.15) is 0 Å². The lowest BCUT2D eigenvalue weighted by atomic mass is 10.2. The lowest BCUT2D eigenvalue weighted by Crippen LogP contribution is -1.62. The summed E-state index contributed by atoms with van der Waals surface area (Å²) in [5.74, 6) is 0. The molecule has 0 aromatic rings. The molecule has 0 amide bonds. The Kier molecular flexibility index (Phi) is 34.6. The first-order valence-corrected chi connectivity index (χ1v) is 4.10. The molecule has 0 fully saturated rings. The van der Waals surface area contributed by atoms with Crippen LogP contribution < -0.4 is 0 Å². The minimum Gasteiger partial charge on any atom is -0.103 e. The molecule has 0 nitrogen and oxygen atoms in total. The highest BCUT2D eigenvalue weighted by Crippen LogP contribution is 1.93. The first kappa shape index (κ1) is 16.7. The molecule has 0 aliphatic carbocycles. The van der Waals surface area contributed by atoms with E-state index in [1.54, 1.807) is 12.2 Å². The zero-order valence-electron chi connectivity index (χ0n) is 8.48. The molecule has 0 atom stereocenters. The molecule has 0 aliphatic heterocycles. The van der Waals surface area contributed by atoms with E-state index in [4.69, 9.17) is 0 Å². The van der Waals surface area contributed by atoms with Crippen LogP contribution in [0.4, 0.5) is 0 Å². The van der Waals surface area contributed by atoms with Crippen LogP contribution >= 0.6 is 0 Å². The van der Waals surface area contributed by atoms with Gasteiger partial charge in [-0.15, -0.1) is 6.58 Å². The van der Waals surface area contributed by atoms with Gasteiger partial charge < -0.3 is 0 Å². The van der Waals surface area contributed by atoms with Gasteiger partial charge in [-0.1, -0.05) is 51.7 Å². The molecule has 0 aromatic heterocycles. The van der Waals surface area contributed by atoms with Crippen LogP contribution in [-0.4, -0.2) is 0 Å². The van der Waals surface area contributed by atoms with Gasteiger partial charge in [-0.25, -0.2) is 0 Å². The topological polar surface area (TPSA) is 0 Å². The summed E-state index contributed by atoms with van der Waals surface area (Å²) in [5.41, 5.74) is 1.11. The van der Waals surface area contributed by atoms with Crippen molar-refractivity contribution in [2.45, 2.75) is 34.1 Å². The van der Waals surface area contributed by atoms with Crippen molar-refractivity contribution >= 4 is 0 Å². The minimum absolute atomic E-state index is 1.02. The summed E-state index contributed by atoms with van der Waals surface area (Å²) in [6.45, 7) is 18.5. The standard InChI is InChI=1S/C6H10.C3H6.C2H6/c1-4-6(3)5-2;1-3-2;1-2/h4H,1,3,5H2,2H3;3H,1H2,2H3;1-2H3. The Hall–Kier alpha value is -0.780. The average Bonchev–Trinajstić information content (AvgIpc) is 2.08. The first-order chi connectivity index (χ1) is 5.22. The van der Waals surface area contributed by atoms with Gasteiger partial charge in [-0.3, -0.25) is 0 Å². The normalized spacial score (nSPS) is 5.82. The highest BCUT2D eigenvalue weighted by molar-refractivity contribution is 5.09. The summed E-state index contributed by atoms with van der Waals surface area (Å²) in [7, 11) is 0. The van der Waals surface area contributed by atoms with Gasteiger partial charge in [0, 0.05) is 0 Å². The third-order valence-corrected chi connectivity index (χ3v) is 0.743. The van der Waals surface area contributed by atoms with Crippen molar-refractivity contribution in [3.8, 4) is 0 Å². The Bertz CT molecular complexity index is 88.2. The fourth-order valence-corrected chi connectivity index (χ4v) is 0.144. The largest absolute Gasteiger partial charge is 0.103 e. The van der Waals surface area contributed by atoms with Gasteiger partial charge in [0.2, 0.25) is 0 Å². The molecular formula is C11H22. The van der Waals surface area contributed by atoms with Crippen LogP contribution in [0.3, 0.4) is 0 Å². The van der Waals surface area contributed by atoms with E-state index in [9.17, 15) is 0 Å². The molecule has 0 rings (SSSR count). The summed E-state index contributed by atoms with van der Waals surface area (Å²) >= 11 is 0. The molecule has 0 radical (unpaired) electrons. The van der Waals surface area contributed by atoms with Crippen LogP contribution in [0.1, 0.15) is 34.1 Å². The van der Waals surface area contributed by atoms with Crippen molar-refractivity contribution in [1.29, 1.82) is 0 Å². The van der Waals surface area contributed by atoms with Gasteiger partial charge >= 0.3 is 0 Å². The Morgan fingerprint density at radius 3 is 1.55 bits per heavy atom. The number of rotatable bonds is 2. The zero-order chi connectivity index (χ0) is 9.70. The maximum atomic E-state index is 3.67. The van der Waals surface area contributed by atoms with E-state index in [0.717, 1.165) is 12.0 Å². The monoisotopic (exact) mass is 154 g/mol. The summed E-state index contributed by atoms with van der Waals surface area (Å²) in [6.07, 6.45) is 4.55. The van der Waals surface area contributed by atoms with Gasteiger partial charge in [0.05, 0.1) is 0 Å². The molecule has 0 saturated carbocycles. The third kappa shape index (κ3) is 46.4. The van der Waals surface area contributed by atoms with Crippen LogP contribution in [0.15, 0.2) is 37.5 Å². The van der Waals surface area contributed by atoms with Crippen molar-refractivity contribution in [2.24, 2.45) is 0 Å². The number of allylic oxidation sites excluding steroid dienone is 3. The highest BCUT2D eigenvalue weighted by Gasteiger charge is 1.72. The van der Waals surface area contributed by atoms with Crippen molar-refractivity contribution in [2.75, 3.05) is 0 Å². The molecule has 0 heterocycles. The van der Waals surface area contributed by atoms with Gasteiger partial charge in [-0.05, 0) is 13.3 Å². The predicted octanol–water partition coefficient (Wildman–Crippen LogP) is 4.36. The third-order valence-electron chi connectivity index (χ3n) is 0.743. The number of hydrogen-bond acceptors (Lipinski definition) is 0. The minimum atomic E-state index is 1.02. The second-order valence-electron chi connectivity index (χ2n) is 1.62. The molecule has 0 saturated heterocycles. The predicted molar refractivity (Wildman–Crippen MR) is 56.8 cm³/mol. The summed E-state index contributed by atoms with van der Waals surface area (Å²) in [6, 6.07) is 0. The van der Waals surface area contributed by atoms with Crippen molar-refractivity contribution in [1.82, 2.24) is 0 Å². The van der Waals surface area contributed by atoms with E-state index in [2.05, 4.69) is 26.7 Å². The Morgan fingerprint density at radius 1 is 1.27 bits per heavy atom. The molecule has 0 N–H and O–H groups in total. The van der Waals surface area contributed by atoms with E-state index in [-0.39, 0.29) is 0 Å². The average molecular weight is 154 g/mol. The molecule has 66 valence electrons. The molecular weight excluding hydrogens is 132 g/mol. The van der Waals surface area contributed by atoms with Crippen LogP contribution in [0.25, 0.3) is 0 Å². The van der Waals surface area contributed by atoms with E-state index in [1.165, 1.54) is 0 Å². The Balaban J connectivity index is -0.000000109. The van der Waals surface area contributed by atoms with E-state index >= 15 is 0 Å². The molecule has 0 aromatic carbocycles. The lowest BCUT2D eigenvalue weighted by molar-refractivity contribution is 1.16. The maximum Gasteiger partial charge on any atom is -0.0314 e. The molecule has 0 bridgehead atoms. The smallest absolute Gasteiger partial charge is 0.0314 e. The van der Waals surface area contributed by atoms with Crippen LogP contribution in [0, 0.1) is 0 Å². The number of hydrogen-bond donors (Lipinski definition) is 0. The summed E-state index contributed by atoms with van der Waals surface area (Å²) in [5, 5.41) is 0. The van der Waals surface area contributed by atoms with E-state index < -0.39 is 0 Å².